The highest BCUT2D eigenvalue weighted by molar-refractivity contribution is 5.68. The lowest BCUT2D eigenvalue weighted by atomic mass is 9.91. The van der Waals surface area contributed by atoms with Crippen LogP contribution in [0.15, 0.2) is 48.5 Å². The largest absolute Gasteiger partial charge is 0.489 e. The van der Waals surface area contributed by atoms with Crippen molar-refractivity contribution in [3.05, 3.63) is 65.2 Å². The zero-order valence-corrected chi connectivity index (χ0v) is 39.6. The minimum absolute atomic E-state index is 0.0838. The van der Waals surface area contributed by atoms with Crippen LogP contribution >= 0.6 is 0 Å². The molecule has 4 aliphatic rings. The van der Waals surface area contributed by atoms with E-state index in [9.17, 15) is 41.0 Å². The first-order chi connectivity index (χ1) is 30.4. The summed E-state index contributed by atoms with van der Waals surface area (Å²) in [7, 11) is 0. The molecule has 6 rings (SSSR count). The van der Waals surface area contributed by atoms with E-state index < -0.39 is 34.7 Å². The molecule has 0 aliphatic carbocycles. The van der Waals surface area contributed by atoms with Gasteiger partial charge in [0.1, 0.15) is 23.1 Å². The van der Waals surface area contributed by atoms with E-state index in [2.05, 4.69) is 9.80 Å². The lowest BCUT2D eigenvalue weighted by Gasteiger charge is -2.39. The van der Waals surface area contributed by atoms with Crippen molar-refractivity contribution in [2.75, 3.05) is 65.4 Å². The number of ether oxygens (including phenoxy) is 3. The Kier molecular flexibility index (Phi) is 20.1. The monoisotopic (exact) mass is 929 g/mol. The Bertz CT molecular complexity index is 1720. The Morgan fingerprint density at radius 3 is 1.42 bits per heavy atom. The molecule has 4 unspecified atom stereocenters. The summed E-state index contributed by atoms with van der Waals surface area (Å²) in [4.78, 5) is 33.0. The number of carbonyl (C=O) groups is 2. The summed E-state index contributed by atoms with van der Waals surface area (Å²) in [6.45, 7) is 21.1. The number of hydrogen-bond acceptors (Lipinski definition) is 8. The molecule has 0 bridgehead atoms. The lowest BCUT2D eigenvalue weighted by Crippen LogP contribution is -2.50. The molecule has 0 radical (unpaired) electrons. The van der Waals surface area contributed by atoms with Crippen LogP contribution in [-0.4, -0.2) is 126 Å². The molecule has 368 valence electrons. The van der Waals surface area contributed by atoms with Crippen molar-refractivity contribution in [3.8, 4) is 5.75 Å². The predicted octanol–water partition coefficient (Wildman–Crippen LogP) is 11.1. The van der Waals surface area contributed by atoms with E-state index in [4.69, 9.17) is 14.2 Å². The number of nitrogens with zero attached hydrogens (tertiary/aromatic N) is 4. The molecule has 0 aromatic heterocycles. The second kappa shape index (κ2) is 24.3. The Morgan fingerprint density at radius 1 is 0.585 bits per heavy atom. The van der Waals surface area contributed by atoms with Gasteiger partial charge in [0.25, 0.3) is 0 Å². The summed E-state index contributed by atoms with van der Waals surface area (Å²) in [6.07, 6.45) is 1.25. The Labute approximate surface area is 382 Å². The fourth-order valence-corrected chi connectivity index (χ4v) is 8.50. The van der Waals surface area contributed by atoms with E-state index in [1.54, 1.807) is 16.7 Å². The number of hydrogen-bond donors (Lipinski definition) is 1. The maximum Gasteiger partial charge on any atom is 0.416 e. The summed E-state index contributed by atoms with van der Waals surface area (Å²) in [5.41, 5.74) is -1.47. The average Bonchev–Trinajstić information content (AvgIpc) is 3.23. The molecule has 16 heteroatoms. The van der Waals surface area contributed by atoms with Gasteiger partial charge in [-0.3, -0.25) is 4.90 Å². The topological polar surface area (TPSA) is 95.0 Å². The minimum Gasteiger partial charge on any atom is -0.489 e. The van der Waals surface area contributed by atoms with Crippen molar-refractivity contribution < 1.29 is 55.2 Å². The smallest absolute Gasteiger partial charge is 0.416 e. The fourth-order valence-electron chi connectivity index (χ4n) is 8.50. The van der Waals surface area contributed by atoms with Crippen molar-refractivity contribution in [1.29, 1.82) is 0 Å². The quantitative estimate of drug-likeness (QED) is 0.262. The highest BCUT2D eigenvalue weighted by atomic mass is 19.4. The molecule has 2 aromatic rings. The first-order valence-electron chi connectivity index (χ1n) is 23.4. The van der Waals surface area contributed by atoms with Crippen molar-refractivity contribution in [2.45, 2.75) is 148 Å². The predicted molar refractivity (Wildman–Crippen MR) is 240 cm³/mol. The van der Waals surface area contributed by atoms with Gasteiger partial charge in [-0.05, 0) is 162 Å². The number of amides is 2. The van der Waals surface area contributed by atoms with Gasteiger partial charge in [-0.15, -0.1) is 0 Å². The van der Waals surface area contributed by atoms with Crippen LogP contribution in [0.2, 0.25) is 0 Å². The van der Waals surface area contributed by atoms with Crippen LogP contribution in [0.5, 0.6) is 5.75 Å². The first-order valence-corrected chi connectivity index (χ1v) is 23.4. The molecule has 4 fully saturated rings. The molecule has 4 atom stereocenters. The number of aliphatic hydroxyl groups excluding tert-OH is 1. The van der Waals surface area contributed by atoms with Gasteiger partial charge in [-0.1, -0.05) is 30.5 Å². The zero-order valence-electron chi connectivity index (χ0n) is 39.6. The van der Waals surface area contributed by atoms with E-state index in [0.717, 1.165) is 108 Å². The second-order valence-corrected chi connectivity index (χ2v) is 20.0. The number of likely N-dealkylation sites (tertiary alicyclic amines) is 4. The number of β-amino-alcohol motifs (C(OH)–C–C–N with tert-alkyl or cyclic N) is 1. The highest BCUT2D eigenvalue weighted by Gasteiger charge is 2.36. The molecule has 65 heavy (non-hydrogen) atoms. The van der Waals surface area contributed by atoms with Gasteiger partial charge in [-0.25, -0.2) is 9.59 Å². The second-order valence-electron chi connectivity index (χ2n) is 20.0. The number of benzene rings is 2. The van der Waals surface area contributed by atoms with Gasteiger partial charge in [0, 0.05) is 51.1 Å². The summed E-state index contributed by atoms with van der Waals surface area (Å²) in [6, 6.07) is 9.94. The van der Waals surface area contributed by atoms with Crippen LogP contribution in [0, 0.1) is 18.8 Å². The molecule has 2 aromatic carbocycles. The van der Waals surface area contributed by atoms with Gasteiger partial charge in [0.2, 0.25) is 0 Å². The van der Waals surface area contributed by atoms with Crippen LogP contribution in [0.1, 0.15) is 122 Å². The molecular formula is C49H74F6N4O6. The van der Waals surface area contributed by atoms with Crippen molar-refractivity contribution >= 4 is 12.2 Å². The van der Waals surface area contributed by atoms with Gasteiger partial charge < -0.3 is 34.0 Å². The highest BCUT2D eigenvalue weighted by Crippen LogP contribution is 2.33. The summed E-state index contributed by atoms with van der Waals surface area (Å²) in [5, 5.41) is 10.5. The van der Waals surface area contributed by atoms with Crippen LogP contribution in [-0.2, 0) is 21.8 Å². The SMILES string of the molecule is CC(C)(C)OC(=O)N1CCCC(C(CN2CCCCC2)Oc2ccc(C(F)(F)F)cc2)C1.CC(C)(C)OC(=O)N1CCCC(C(O)CN2CCCCC2)C1.Cc1ccc(C(F)(F)F)cc1. The number of aliphatic hydroxyl groups is 1. The Morgan fingerprint density at radius 2 is 0.985 bits per heavy atom. The van der Waals surface area contributed by atoms with Crippen LogP contribution in [0.4, 0.5) is 35.9 Å². The van der Waals surface area contributed by atoms with E-state index in [1.807, 2.05) is 41.5 Å². The molecule has 10 nitrogen and oxygen atoms in total. The average molecular weight is 929 g/mol. The zero-order chi connectivity index (χ0) is 48.0. The minimum atomic E-state index is -4.37. The first kappa shape index (κ1) is 53.9. The molecule has 0 spiro atoms. The fraction of sp³-hybridized carbons (Fsp3) is 0.714. The summed E-state index contributed by atoms with van der Waals surface area (Å²) < 4.78 is 91.8. The number of piperidine rings is 4. The molecule has 4 saturated heterocycles. The summed E-state index contributed by atoms with van der Waals surface area (Å²) in [5.74, 6) is 0.679. The van der Waals surface area contributed by atoms with E-state index in [0.29, 0.717) is 31.9 Å². The number of halogens is 6. The number of aryl methyl sites for hydroxylation is 1. The van der Waals surface area contributed by atoms with Gasteiger partial charge in [-0.2, -0.15) is 26.3 Å². The number of carbonyl (C=O) groups excluding carboxylic acids is 2. The van der Waals surface area contributed by atoms with Crippen molar-refractivity contribution in [1.82, 2.24) is 19.6 Å². The summed E-state index contributed by atoms with van der Waals surface area (Å²) >= 11 is 0. The standard InChI is InChI=1S/C24H35F3N2O3.C17H32N2O3.C8H7F3/c1-23(2,3)32-22(30)29-15-7-8-18(16-29)21(17-28-13-5-4-6-14-28)31-20-11-9-19(10-12-20)24(25,26)27;1-17(2,3)22-16(21)19-11-7-8-14(12-19)15(20)13-18-9-5-4-6-10-18;1-6-2-4-7(5-3-6)8(9,10)11/h9-12,18,21H,4-8,13-17H2,1-3H3;14-15,20H,4-13H2,1-3H3;2-5H,1H3. The van der Waals surface area contributed by atoms with Crippen molar-refractivity contribution in [2.24, 2.45) is 11.8 Å². The third kappa shape index (κ3) is 19.5. The Balaban J connectivity index is 0.000000241. The Hall–Kier alpha value is -3.76. The number of rotatable bonds is 8. The van der Waals surface area contributed by atoms with Gasteiger partial charge in [0.05, 0.1) is 17.2 Å². The molecule has 1 N–H and O–H groups in total. The van der Waals surface area contributed by atoms with Gasteiger partial charge in [0.15, 0.2) is 0 Å². The van der Waals surface area contributed by atoms with Crippen molar-refractivity contribution in [3.63, 3.8) is 0 Å². The maximum atomic E-state index is 12.9. The van der Waals surface area contributed by atoms with Gasteiger partial charge >= 0.3 is 24.5 Å². The molecule has 2 amide bonds. The normalized spacial score (nSPS) is 21.4. The van der Waals surface area contributed by atoms with Crippen LogP contribution in [0.3, 0.4) is 0 Å². The third-order valence-electron chi connectivity index (χ3n) is 11.9. The molecule has 0 saturated carbocycles. The molecule has 4 heterocycles. The van der Waals surface area contributed by atoms with E-state index in [-0.39, 0.29) is 36.2 Å². The van der Waals surface area contributed by atoms with E-state index >= 15 is 0 Å². The van der Waals surface area contributed by atoms with E-state index in [1.165, 1.54) is 49.9 Å². The van der Waals surface area contributed by atoms with Crippen LogP contribution in [0.25, 0.3) is 0 Å². The van der Waals surface area contributed by atoms with Crippen LogP contribution < -0.4 is 4.74 Å². The number of alkyl halides is 6. The third-order valence-corrected chi connectivity index (χ3v) is 11.9. The maximum absolute atomic E-state index is 12.9. The molecule has 4 aliphatic heterocycles. The molecular weight excluding hydrogens is 855 g/mol. The lowest BCUT2D eigenvalue weighted by molar-refractivity contribution is -0.138.